The molecule has 1 N–H and O–H groups in total. The molecule has 3 rings (SSSR count). The summed E-state index contributed by atoms with van der Waals surface area (Å²) in [5.74, 6) is 1.03. The van der Waals surface area contributed by atoms with Crippen LogP contribution in [0.4, 0.5) is 0 Å². The average molecular weight is 279 g/mol. The summed E-state index contributed by atoms with van der Waals surface area (Å²) in [6.45, 7) is 5.25. The Morgan fingerprint density at radius 1 is 0.952 bits per heavy atom. The van der Waals surface area contributed by atoms with Crippen molar-refractivity contribution >= 4 is 11.0 Å². The van der Waals surface area contributed by atoms with Crippen molar-refractivity contribution in [3.63, 3.8) is 0 Å². The van der Waals surface area contributed by atoms with Gasteiger partial charge in [0.1, 0.15) is 11.3 Å². The fourth-order valence-corrected chi connectivity index (χ4v) is 2.74. The molecule has 2 heteroatoms. The van der Waals surface area contributed by atoms with Crippen LogP contribution in [0.15, 0.2) is 59.0 Å². The second-order valence-electron chi connectivity index (χ2n) is 5.29. The Labute approximate surface area is 125 Å². The highest BCUT2D eigenvalue weighted by Crippen LogP contribution is 2.29. The first-order valence-corrected chi connectivity index (χ1v) is 7.64. The third kappa shape index (κ3) is 2.86. The molecule has 1 heterocycles. The van der Waals surface area contributed by atoms with E-state index in [-0.39, 0.29) is 0 Å². The highest BCUT2D eigenvalue weighted by atomic mass is 16.3. The molecule has 0 amide bonds. The van der Waals surface area contributed by atoms with Crippen LogP contribution in [-0.4, -0.2) is 6.54 Å². The molecule has 21 heavy (non-hydrogen) atoms. The fourth-order valence-electron chi connectivity index (χ4n) is 2.74. The summed E-state index contributed by atoms with van der Waals surface area (Å²) in [5.41, 5.74) is 3.42. The van der Waals surface area contributed by atoms with Crippen molar-refractivity contribution in [3.8, 4) is 11.1 Å². The Bertz CT molecular complexity index is 715. The monoisotopic (exact) mass is 279 g/mol. The summed E-state index contributed by atoms with van der Waals surface area (Å²) in [6, 6.07) is 19.3. The summed E-state index contributed by atoms with van der Waals surface area (Å²) in [7, 11) is 0. The van der Waals surface area contributed by atoms with Crippen LogP contribution in [0.1, 0.15) is 32.1 Å². The second kappa shape index (κ2) is 6.15. The highest BCUT2D eigenvalue weighted by molar-refractivity contribution is 5.84. The van der Waals surface area contributed by atoms with E-state index in [1.807, 2.05) is 6.07 Å². The van der Waals surface area contributed by atoms with E-state index in [1.165, 1.54) is 16.5 Å². The molecule has 0 saturated heterocycles. The first-order chi connectivity index (χ1) is 10.3. The van der Waals surface area contributed by atoms with Gasteiger partial charge in [-0.25, -0.2) is 0 Å². The number of hydrogen-bond donors (Lipinski definition) is 1. The van der Waals surface area contributed by atoms with Crippen LogP contribution in [-0.2, 0) is 0 Å². The zero-order chi connectivity index (χ0) is 14.7. The van der Waals surface area contributed by atoms with Crippen molar-refractivity contribution in [1.29, 1.82) is 0 Å². The minimum atomic E-state index is 0.294. The predicted molar refractivity (Wildman–Crippen MR) is 88.4 cm³/mol. The lowest BCUT2D eigenvalue weighted by Gasteiger charge is -2.11. The van der Waals surface area contributed by atoms with Crippen LogP contribution in [0.2, 0.25) is 0 Å². The number of nitrogens with one attached hydrogen (secondary N) is 1. The molecule has 0 spiro atoms. The van der Waals surface area contributed by atoms with Gasteiger partial charge < -0.3 is 9.73 Å². The van der Waals surface area contributed by atoms with Gasteiger partial charge in [-0.2, -0.15) is 0 Å². The Balaban J connectivity index is 1.99. The number of hydrogen-bond acceptors (Lipinski definition) is 2. The summed E-state index contributed by atoms with van der Waals surface area (Å²) in [4.78, 5) is 0. The predicted octanol–water partition coefficient (Wildman–Crippen LogP) is 5.16. The van der Waals surface area contributed by atoms with Crippen LogP contribution >= 0.6 is 0 Å². The van der Waals surface area contributed by atoms with Gasteiger partial charge >= 0.3 is 0 Å². The molecule has 3 aromatic rings. The van der Waals surface area contributed by atoms with Gasteiger partial charge in [-0.1, -0.05) is 50.2 Å². The van der Waals surface area contributed by atoms with Crippen molar-refractivity contribution in [3.05, 3.63) is 60.4 Å². The zero-order valence-corrected chi connectivity index (χ0v) is 12.6. The lowest BCUT2D eigenvalue weighted by atomic mass is 10.0. The number of rotatable bonds is 5. The van der Waals surface area contributed by atoms with Gasteiger partial charge in [0.05, 0.1) is 6.04 Å². The standard InChI is InChI=1S/C19H21NO/c1-3-17(20-4-2)19-13-16-12-15(10-11-18(16)21-19)14-8-6-5-7-9-14/h5-13,17,20H,3-4H2,1-2H3. The molecule has 0 aliphatic carbocycles. The van der Waals surface area contributed by atoms with Crippen molar-refractivity contribution in [2.24, 2.45) is 0 Å². The van der Waals surface area contributed by atoms with Crippen LogP contribution in [0.5, 0.6) is 0 Å². The Morgan fingerprint density at radius 2 is 1.76 bits per heavy atom. The van der Waals surface area contributed by atoms with Gasteiger partial charge in [0.25, 0.3) is 0 Å². The van der Waals surface area contributed by atoms with Crippen molar-refractivity contribution in [1.82, 2.24) is 5.32 Å². The van der Waals surface area contributed by atoms with Crippen molar-refractivity contribution in [2.45, 2.75) is 26.3 Å². The lowest BCUT2D eigenvalue weighted by Crippen LogP contribution is -2.19. The topological polar surface area (TPSA) is 25.2 Å². The third-order valence-electron chi connectivity index (χ3n) is 3.84. The SMILES string of the molecule is CCNC(CC)c1cc2cc(-c3ccccc3)ccc2o1. The molecule has 1 unspecified atom stereocenters. The second-order valence-corrected chi connectivity index (χ2v) is 5.29. The first kappa shape index (κ1) is 13.9. The molecule has 0 fully saturated rings. The summed E-state index contributed by atoms with van der Waals surface area (Å²) in [5, 5.41) is 4.63. The van der Waals surface area contributed by atoms with Crippen LogP contribution in [0.3, 0.4) is 0 Å². The molecular formula is C19H21NO. The van der Waals surface area contributed by atoms with Gasteiger partial charge in [0, 0.05) is 5.39 Å². The molecule has 0 radical (unpaired) electrons. The van der Waals surface area contributed by atoms with Gasteiger partial charge in [-0.3, -0.25) is 0 Å². The maximum absolute atomic E-state index is 6.00. The maximum Gasteiger partial charge on any atom is 0.134 e. The van der Waals surface area contributed by atoms with E-state index >= 15 is 0 Å². The number of furan rings is 1. The van der Waals surface area contributed by atoms with Gasteiger partial charge in [-0.05, 0) is 42.3 Å². The normalized spacial score (nSPS) is 12.7. The quantitative estimate of drug-likeness (QED) is 0.697. The average Bonchev–Trinajstić information content (AvgIpc) is 2.96. The maximum atomic E-state index is 6.00. The summed E-state index contributed by atoms with van der Waals surface area (Å²) >= 11 is 0. The van der Waals surface area contributed by atoms with E-state index in [1.54, 1.807) is 0 Å². The minimum absolute atomic E-state index is 0.294. The van der Waals surface area contributed by atoms with Gasteiger partial charge in [0.15, 0.2) is 0 Å². The summed E-state index contributed by atoms with van der Waals surface area (Å²) < 4.78 is 6.00. The molecule has 2 nitrogen and oxygen atoms in total. The number of fused-ring (bicyclic) bond motifs is 1. The van der Waals surface area contributed by atoms with Gasteiger partial charge in [0.2, 0.25) is 0 Å². The lowest BCUT2D eigenvalue weighted by molar-refractivity contribution is 0.428. The molecule has 0 aliphatic heterocycles. The third-order valence-corrected chi connectivity index (χ3v) is 3.84. The van der Waals surface area contributed by atoms with Crippen molar-refractivity contribution < 1.29 is 4.42 Å². The van der Waals surface area contributed by atoms with Crippen LogP contribution in [0.25, 0.3) is 22.1 Å². The molecule has 0 aliphatic rings. The highest BCUT2D eigenvalue weighted by Gasteiger charge is 2.13. The molecule has 0 bridgehead atoms. The fraction of sp³-hybridized carbons (Fsp3) is 0.263. The Hall–Kier alpha value is -2.06. The van der Waals surface area contributed by atoms with E-state index in [0.29, 0.717) is 6.04 Å². The van der Waals surface area contributed by atoms with Gasteiger partial charge in [-0.15, -0.1) is 0 Å². The van der Waals surface area contributed by atoms with Crippen LogP contribution < -0.4 is 5.32 Å². The van der Waals surface area contributed by atoms with E-state index in [2.05, 4.69) is 67.7 Å². The zero-order valence-electron chi connectivity index (χ0n) is 12.6. The smallest absolute Gasteiger partial charge is 0.134 e. The molecule has 2 aromatic carbocycles. The molecular weight excluding hydrogens is 258 g/mol. The Morgan fingerprint density at radius 3 is 2.48 bits per heavy atom. The largest absolute Gasteiger partial charge is 0.459 e. The van der Waals surface area contributed by atoms with E-state index in [4.69, 9.17) is 4.42 Å². The first-order valence-electron chi connectivity index (χ1n) is 7.64. The van der Waals surface area contributed by atoms with E-state index < -0.39 is 0 Å². The van der Waals surface area contributed by atoms with Crippen LogP contribution in [0, 0.1) is 0 Å². The molecule has 1 aromatic heterocycles. The van der Waals surface area contributed by atoms with E-state index in [9.17, 15) is 0 Å². The van der Waals surface area contributed by atoms with E-state index in [0.717, 1.165) is 24.3 Å². The van der Waals surface area contributed by atoms with Crippen molar-refractivity contribution in [2.75, 3.05) is 6.54 Å². The molecule has 108 valence electrons. The molecule has 0 saturated carbocycles. The molecule has 1 atom stereocenters. The Kier molecular flexibility index (Phi) is 4.07. The number of benzene rings is 2. The summed E-state index contributed by atoms with van der Waals surface area (Å²) in [6.07, 6.45) is 1.03. The minimum Gasteiger partial charge on any atom is -0.459 e.